The van der Waals surface area contributed by atoms with Crippen LogP contribution in [0, 0.1) is 44.0 Å². The Bertz CT molecular complexity index is 667. The Morgan fingerprint density at radius 2 is 1.19 bits per heavy atom. The lowest BCUT2D eigenvalue weighted by molar-refractivity contribution is 0.531. The fraction of sp³-hybridized carbons (Fsp3) is 0.294. The molecule has 4 heteroatoms. The monoisotopic (exact) mass is 296 g/mol. The van der Waals surface area contributed by atoms with Crippen LogP contribution in [0.5, 0.6) is 0 Å². The SMILES string of the molecule is Cc1cc(F)c(CCc2c(F)cc(C)c(C)c2F)c(F)c1. The van der Waals surface area contributed by atoms with E-state index in [1.54, 1.807) is 20.8 Å². The zero-order valence-electron chi connectivity index (χ0n) is 12.2. The van der Waals surface area contributed by atoms with Crippen LogP contribution in [0.15, 0.2) is 18.2 Å². The average molecular weight is 296 g/mol. The molecule has 0 saturated carbocycles. The highest BCUT2D eigenvalue weighted by Gasteiger charge is 2.16. The van der Waals surface area contributed by atoms with Gasteiger partial charge in [0.25, 0.3) is 0 Å². The summed E-state index contributed by atoms with van der Waals surface area (Å²) in [5.41, 5.74) is 1.07. The summed E-state index contributed by atoms with van der Waals surface area (Å²) in [5.74, 6) is -2.68. The van der Waals surface area contributed by atoms with Crippen molar-refractivity contribution in [2.75, 3.05) is 0 Å². The minimum absolute atomic E-state index is 0.0876. The number of aryl methyl sites for hydroxylation is 2. The fourth-order valence-electron chi connectivity index (χ4n) is 2.34. The lowest BCUT2D eigenvalue weighted by atomic mass is 9.98. The lowest BCUT2D eigenvalue weighted by Gasteiger charge is -2.11. The minimum Gasteiger partial charge on any atom is -0.207 e. The second-order valence-electron chi connectivity index (χ2n) is 5.30. The maximum absolute atomic E-state index is 14.1. The third-order valence-electron chi connectivity index (χ3n) is 3.73. The van der Waals surface area contributed by atoms with Gasteiger partial charge in [0.05, 0.1) is 0 Å². The predicted molar refractivity (Wildman–Crippen MR) is 74.3 cm³/mol. The molecule has 0 radical (unpaired) electrons. The maximum atomic E-state index is 14.1. The van der Waals surface area contributed by atoms with Gasteiger partial charge in [-0.05, 0) is 68.5 Å². The van der Waals surface area contributed by atoms with Gasteiger partial charge in [0.15, 0.2) is 0 Å². The second-order valence-corrected chi connectivity index (χ2v) is 5.30. The van der Waals surface area contributed by atoms with E-state index in [1.165, 1.54) is 18.2 Å². The highest BCUT2D eigenvalue weighted by atomic mass is 19.1. The third-order valence-corrected chi connectivity index (χ3v) is 3.73. The molecule has 0 nitrogen and oxygen atoms in total. The molecule has 0 bridgehead atoms. The summed E-state index contributed by atoms with van der Waals surface area (Å²) in [6.45, 7) is 4.75. The van der Waals surface area contributed by atoms with E-state index >= 15 is 0 Å². The largest absolute Gasteiger partial charge is 0.207 e. The molecule has 0 N–H and O–H groups in total. The van der Waals surface area contributed by atoms with Crippen LogP contribution < -0.4 is 0 Å². The summed E-state index contributed by atoms with van der Waals surface area (Å²) in [6, 6.07) is 3.67. The molecule has 112 valence electrons. The lowest BCUT2D eigenvalue weighted by Crippen LogP contribution is -2.05. The quantitative estimate of drug-likeness (QED) is 0.703. The summed E-state index contributed by atoms with van der Waals surface area (Å²) in [4.78, 5) is 0. The summed E-state index contributed by atoms with van der Waals surface area (Å²) in [5, 5.41) is 0. The molecule has 0 saturated heterocycles. The first-order valence-corrected chi connectivity index (χ1v) is 6.70. The molecular formula is C17H16F4. The molecular weight excluding hydrogens is 280 g/mol. The van der Waals surface area contributed by atoms with Gasteiger partial charge in [-0.1, -0.05) is 0 Å². The van der Waals surface area contributed by atoms with Gasteiger partial charge in [-0.3, -0.25) is 0 Å². The van der Waals surface area contributed by atoms with Crippen molar-refractivity contribution in [3.63, 3.8) is 0 Å². The van der Waals surface area contributed by atoms with Gasteiger partial charge < -0.3 is 0 Å². The van der Waals surface area contributed by atoms with Gasteiger partial charge >= 0.3 is 0 Å². The van der Waals surface area contributed by atoms with E-state index in [1.807, 2.05) is 0 Å². The molecule has 0 heterocycles. The van der Waals surface area contributed by atoms with E-state index in [4.69, 9.17) is 0 Å². The number of rotatable bonds is 3. The molecule has 0 fully saturated rings. The summed E-state index contributed by atoms with van der Waals surface area (Å²) < 4.78 is 55.4. The highest BCUT2D eigenvalue weighted by Crippen LogP contribution is 2.23. The normalized spacial score (nSPS) is 11.0. The van der Waals surface area contributed by atoms with Crippen LogP contribution in [-0.2, 0) is 12.8 Å². The first-order valence-electron chi connectivity index (χ1n) is 6.70. The van der Waals surface area contributed by atoms with E-state index in [-0.39, 0.29) is 24.0 Å². The molecule has 0 spiro atoms. The van der Waals surface area contributed by atoms with Crippen LogP contribution in [0.2, 0.25) is 0 Å². The second kappa shape index (κ2) is 5.88. The minimum atomic E-state index is -0.683. The van der Waals surface area contributed by atoms with Crippen LogP contribution in [-0.4, -0.2) is 0 Å². The van der Waals surface area contributed by atoms with Gasteiger partial charge in [-0.25, -0.2) is 17.6 Å². The van der Waals surface area contributed by atoms with E-state index < -0.39 is 23.3 Å². The van der Waals surface area contributed by atoms with Crippen LogP contribution >= 0.6 is 0 Å². The Labute approximate surface area is 121 Å². The number of benzene rings is 2. The molecule has 2 aromatic rings. The summed E-state index contributed by atoms with van der Waals surface area (Å²) in [6.07, 6.45) is -0.177. The van der Waals surface area contributed by atoms with Gasteiger partial charge in [0, 0.05) is 11.1 Å². The molecule has 0 aliphatic rings. The summed E-state index contributed by atoms with van der Waals surface area (Å²) >= 11 is 0. The maximum Gasteiger partial charge on any atom is 0.132 e. The standard InChI is InChI=1S/C17H16F4/c1-9-6-14(18)12(15(19)7-9)4-5-13-16(20)8-10(2)11(3)17(13)21/h6-8H,4-5H2,1-3H3. The van der Waals surface area contributed by atoms with Gasteiger partial charge in [0.1, 0.15) is 23.3 Å². The van der Waals surface area contributed by atoms with Crippen molar-refractivity contribution in [3.05, 3.63) is 69.3 Å². The smallest absolute Gasteiger partial charge is 0.132 e. The third kappa shape index (κ3) is 3.09. The number of halogens is 4. The van der Waals surface area contributed by atoms with E-state index in [0.29, 0.717) is 16.7 Å². The Hall–Kier alpha value is -1.84. The van der Waals surface area contributed by atoms with Crippen LogP contribution in [0.1, 0.15) is 27.8 Å². The molecule has 0 aliphatic heterocycles. The molecule has 21 heavy (non-hydrogen) atoms. The van der Waals surface area contributed by atoms with Crippen LogP contribution in [0.25, 0.3) is 0 Å². The fourth-order valence-corrected chi connectivity index (χ4v) is 2.34. The Morgan fingerprint density at radius 1 is 0.714 bits per heavy atom. The van der Waals surface area contributed by atoms with Crippen molar-refractivity contribution < 1.29 is 17.6 Å². The average Bonchev–Trinajstić information content (AvgIpc) is 2.38. The van der Waals surface area contributed by atoms with Crippen molar-refractivity contribution in [2.24, 2.45) is 0 Å². The Balaban J connectivity index is 2.32. The molecule has 0 amide bonds. The first kappa shape index (κ1) is 15.5. The van der Waals surface area contributed by atoms with E-state index in [2.05, 4.69) is 0 Å². The van der Waals surface area contributed by atoms with Gasteiger partial charge in [-0.15, -0.1) is 0 Å². The van der Waals surface area contributed by atoms with Crippen LogP contribution in [0.3, 0.4) is 0 Å². The van der Waals surface area contributed by atoms with Gasteiger partial charge in [0.2, 0.25) is 0 Å². The van der Waals surface area contributed by atoms with Crippen molar-refractivity contribution in [2.45, 2.75) is 33.6 Å². The van der Waals surface area contributed by atoms with Crippen molar-refractivity contribution in [1.29, 1.82) is 0 Å². The molecule has 2 rings (SSSR count). The predicted octanol–water partition coefficient (Wildman–Crippen LogP) is 4.95. The highest BCUT2D eigenvalue weighted by molar-refractivity contribution is 5.34. The first-order chi connectivity index (χ1) is 9.81. The van der Waals surface area contributed by atoms with Crippen molar-refractivity contribution in [3.8, 4) is 0 Å². The summed E-state index contributed by atoms with van der Waals surface area (Å²) in [7, 11) is 0. The topological polar surface area (TPSA) is 0 Å². The zero-order valence-corrected chi connectivity index (χ0v) is 12.2. The molecule has 2 aromatic carbocycles. The molecule has 0 unspecified atom stereocenters. The number of hydrogen-bond donors (Lipinski definition) is 0. The van der Waals surface area contributed by atoms with Gasteiger partial charge in [-0.2, -0.15) is 0 Å². The number of hydrogen-bond acceptors (Lipinski definition) is 0. The molecule has 0 aliphatic carbocycles. The van der Waals surface area contributed by atoms with Crippen molar-refractivity contribution in [1.82, 2.24) is 0 Å². The molecule has 0 atom stereocenters. The van der Waals surface area contributed by atoms with Crippen molar-refractivity contribution >= 4 is 0 Å². The zero-order chi connectivity index (χ0) is 15.7. The molecule has 0 aromatic heterocycles. The van der Waals surface area contributed by atoms with E-state index in [9.17, 15) is 17.6 Å². The van der Waals surface area contributed by atoms with Crippen LogP contribution in [0.4, 0.5) is 17.6 Å². The Morgan fingerprint density at radius 3 is 1.76 bits per heavy atom. The van der Waals surface area contributed by atoms with E-state index in [0.717, 1.165) is 0 Å². The Kier molecular flexibility index (Phi) is 4.35.